The summed E-state index contributed by atoms with van der Waals surface area (Å²) in [5, 5.41) is -0.556. The second-order valence-corrected chi connectivity index (χ2v) is 3.38. The summed E-state index contributed by atoms with van der Waals surface area (Å²) in [4.78, 5) is 23.7. The first-order valence-electron chi connectivity index (χ1n) is 1.75. The van der Waals surface area contributed by atoms with Gasteiger partial charge >= 0.3 is 5.91 Å². The molecule has 1 atom stereocenters. The molecule has 0 aromatic heterocycles. The van der Waals surface area contributed by atoms with Crippen molar-refractivity contribution in [1.29, 1.82) is 0 Å². The summed E-state index contributed by atoms with van der Waals surface area (Å²) in [6, 6.07) is 0. The maximum atomic E-state index is 10.3. The molecule has 42 valence electrons. The van der Waals surface area contributed by atoms with Gasteiger partial charge in [-0.25, -0.2) is 4.99 Å². The van der Waals surface area contributed by atoms with Crippen LogP contribution in [0.3, 0.4) is 0 Å². The first-order valence-corrected chi connectivity index (χ1v) is 3.96. The van der Waals surface area contributed by atoms with Gasteiger partial charge in [-0.05, 0) is 20.6 Å². The Morgan fingerprint density at radius 3 is 2.38 bits per heavy atom. The fraction of sp³-hybridized carbons (Fsp3) is 0. The highest BCUT2D eigenvalue weighted by molar-refractivity contribution is 8.46. The zero-order chi connectivity index (χ0) is 6.15. The molecule has 0 saturated heterocycles. The standard InChI is InChI=1S/C3HNO2S2/c5-2-3(6)8(7)1-4-2/h1H. The summed E-state index contributed by atoms with van der Waals surface area (Å²) in [6.07, 6.45) is 0. The lowest BCUT2D eigenvalue weighted by Gasteiger charge is -1.75. The Hall–Kier alpha value is -0.420. The van der Waals surface area contributed by atoms with Crippen molar-refractivity contribution in [2.24, 2.45) is 4.99 Å². The van der Waals surface area contributed by atoms with Crippen LogP contribution in [0.2, 0.25) is 0 Å². The molecule has 1 rings (SSSR count). The molecule has 0 aliphatic carbocycles. The number of carbonyl (C=O) groups is 2. The van der Waals surface area contributed by atoms with E-state index in [1.807, 2.05) is 0 Å². The number of rotatable bonds is 0. The minimum Gasteiger partial charge on any atom is -0.275 e. The lowest BCUT2D eigenvalue weighted by Crippen LogP contribution is -2.07. The van der Waals surface area contributed by atoms with Crippen molar-refractivity contribution >= 4 is 37.2 Å². The first kappa shape index (κ1) is 5.71. The van der Waals surface area contributed by atoms with E-state index in [0.717, 1.165) is 0 Å². The molecule has 3 nitrogen and oxygen atoms in total. The maximum Gasteiger partial charge on any atom is 0.325 e. The Bertz CT molecular complexity index is 187. The predicted molar refractivity (Wildman–Crippen MR) is 33.2 cm³/mol. The van der Waals surface area contributed by atoms with Crippen LogP contribution in [-0.2, 0) is 30.2 Å². The number of carbonyl (C=O) groups excluding carboxylic acids is 2. The second-order valence-electron chi connectivity index (χ2n) is 1.12. The van der Waals surface area contributed by atoms with Gasteiger partial charge in [0.1, 0.15) is 0 Å². The summed E-state index contributed by atoms with van der Waals surface area (Å²) < 4.78 is 0. The molecule has 1 amide bonds. The highest BCUT2D eigenvalue weighted by atomic mass is 32.8. The minimum absolute atomic E-state index is 0.556. The summed E-state index contributed by atoms with van der Waals surface area (Å²) >= 11 is 4.51. The number of aliphatic imine (C=N–C) groups is 1. The fourth-order valence-electron chi connectivity index (χ4n) is 0.282. The van der Waals surface area contributed by atoms with Crippen LogP contribution in [0, 0.1) is 0 Å². The molecule has 1 unspecified atom stereocenters. The molecular formula is C3HNO2S2. The number of nitrogens with zero attached hydrogens (tertiary/aromatic N) is 1. The molecule has 0 spiro atoms. The Morgan fingerprint density at radius 2 is 2.25 bits per heavy atom. The van der Waals surface area contributed by atoms with Crippen LogP contribution in [-0.4, -0.2) is 16.6 Å². The molecular weight excluding hydrogens is 146 g/mol. The molecule has 0 aromatic carbocycles. The third-order valence-corrected chi connectivity index (χ3v) is 2.17. The van der Waals surface area contributed by atoms with E-state index >= 15 is 0 Å². The maximum absolute atomic E-state index is 10.3. The van der Waals surface area contributed by atoms with Crippen LogP contribution in [0.15, 0.2) is 4.99 Å². The highest BCUT2D eigenvalue weighted by Crippen LogP contribution is 1.93. The van der Waals surface area contributed by atoms with Crippen LogP contribution >= 0.6 is 0 Å². The molecule has 5 heteroatoms. The Kier molecular flexibility index (Phi) is 1.31. The molecule has 0 radical (unpaired) electrons. The molecule has 1 aliphatic rings. The van der Waals surface area contributed by atoms with Crippen LogP contribution < -0.4 is 0 Å². The summed E-state index contributed by atoms with van der Waals surface area (Å²) in [7, 11) is -0.944. The van der Waals surface area contributed by atoms with Gasteiger partial charge in [0.25, 0.3) is 5.12 Å². The van der Waals surface area contributed by atoms with Crippen molar-refractivity contribution in [2.75, 3.05) is 0 Å². The predicted octanol–water partition coefficient (Wildman–Crippen LogP) is -0.838. The fourth-order valence-corrected chi connectivity index (χ4v) is 1.14. The lowest BCUT2D eigenvalue weighted by molar-refractivity contribution is -0.130. The third-order valence-electron chi connectivity index (χ3n) is 0.623. The first-order chi connectivity index (χ1) is 3.72. The molecule has 0 N–H and O–H groups in total. The highest BCUT2D eigenvalue weighted by Gasteiger charge is 2.20. The molecule has 0 saturated carbocycles. The second kappa shape index (κ2) is 1.83. The van der Waals surface area contributed by atoms with E-state index in [4.69, 9.17) is 0 Å². The monoisotopic (exact) mass is 147 g/mol. The van der Waals surface area contributed by atoms with E-state index in [-0.39, 0.29) is 0 Å². The molecule has 1 heterocycles. The van der Waals surface area contributed by atoms with Gasteiger partial charge < -0.3 is 0 Å². The van der Waals surface area contributed by atoms with E-state index < -0.39 is 20.5 Å². The molecule has 0 fully saturated rings. The van der Waals surface area contributed by atoms with Crippen LogP contribution in [0.5, 0.6) is 0 Å². The van der Waals surface area contributed by atoms with Gasteiger partial charge in [-0.3, -0.25) is 9.59 Å². The van der Waals surface area contributed by atoms with Crippen molar-refractivity contribution in [3.8, 4) is 0 Å². The van der Waals surface area contributed by atoms with Crippen molar-refractivity contribution in [3.05, 3.63) is 0 Å². The van der Waals surface area contributed by atoms with Crippen LogP contribution in [0.4, 0.5) is 0 Å². The van der Waals surface area contributed by atoms with E-state index in [1.54, 1.807) is 0 Å². The van der Waals surface area contributed by atoms with Crippen molar-refractivity contribution in [3.63, 3.8) is 0 Å². The Labute approximate surface area is 52.4 Å². The lowest BCUT2D eigenvalue weighted by atomic mass is 10.7. The van der Waals surface area contributed by atoms with Crippen molar-refractivity contribution < 1.29 is 9.59 Å². The number of hydrogen-bond donors (Lipinski definition) is 0. The van der Waals surface area contributed by atoms with Crippen LogP contribution in [0.1, 0.15) is 0 Å². The summed E-state index contributed by atoms with van der Waals surface area (Å²) in [5.41, 5.74) is 1.21. The summed E-state index contributed by atoms with van der Waals surface area (Å²) in [5.74, 6) is -0.705. The zero-order valence-electron chi connectivity index (χ0n) is 3.66. The molecule has 0 aromatic rings. The zero-order valence-corrected chi connectivity index (χ0v) is 5.29. The largest absolute Gasteiger partial charge is 0.325 e. The molecule has 1 aliphatic heterocycles. The number of hydrogen-bond acceptors (Lipinski definition) is 3. The number of amides is 1. The van der Waals surface area contributed by atoms with E-state index in [1.165, 1.54) is 5.55 Å². The quantitative estimate of drug-likeness (QED) is 0.420. The third kappa shape index (κ3) is 0.740. The average Bonchev–Trinajstić information content (AvgIpc) is 1.98. The van der Waals surface area contributed by atoms with Gasteiger partial charge in [0.15, 0.2) is 0 Å². The van der Waals surface area contributed by atoms with E-state index in [2.05, 4.69) is 16.2 Å². The van der Waals surface area contributed by atoms with Crippen molar-refractivity contribution in [1.82, 2.24) is 0 Å². The van der Waals surface area contributed by atoms with E-state index in [0.29, 0.717) is 0 Å². The minimum atomic E-state index is -0.944. The van der Waals surface area contributed by atoms with Gasteiger partial charge in [0, 0.05) is 0 Å². The van der Waals surface area contributed by atoms with Gasteiger partial charge in [0.2, 0.25) is 0 Å². The van der Waals surface area contributed by atoms with E-state index in [9.17, 15) is 9.59 Å². The summed E-state index contributed by atoms with van der Waals surface area (Å²) in [6.45, 7) is 0. The van der Waals surface area contributed by atoms with Gasteiger partial charge in [-0.2, -0.15) is 0 Å². The van der Waals surface area contributed by atoms with Gasteiger partial charge in [-0.15, -0.1) is 0 Å². The normalized spacial score (nSPS) is 27.2. The molecule has 8 heavy (non-hydrogen) atoms. The molecule has 0 bridgehead atoms. The van der Waals surface area contributed by atoms with Crippen molar-refractivity contribution in [2.45, 2.75) is 0 Å². The Morgan fingerprint density at radius 1 is 1.62 bits per heavy atom. The van der Waals surface area contributed by atoms with Gasteiger partial charge in [0.05, 0.1) is 5.55 Å². The average molecular weight is 147 g/mol. The topological polar surface area (TPSA) is 46.5 Å². The van der Waals surface area contributed by atoms with Crippen LogP contribution in [0.25, 0.3) is 0 Å². The SMILES string of the molecule is O=C1N=CS(=S)C1=O. The Balaban J connectivity index is 3.02. The van der Waals surface area contributed by atoms with Gasteiger partial charge in [-0.1, -0.05) is 0 Å². The smallest absolute Gasteiger partial charge is 0.275 e.